The van der Waals surface area contributed by atoms with Crippen LogP contribution in [0.1, 0.15) is 70.2 Å². The number of anilines is 1. The normalized spacial score (nSPS) is 14.1. The number of carbonyl (C=O) groups excluding carboxylic acids is 2. The van der Waals surface area contributed by atoms with E-state index in [1.165, 1.54) is 14.2 Å². The lowest BCUT2D eigenvalue weighted by Crippen LogP contribution is -2.42. The average molecular weight is 379 g/mol. The molecule has 0 aliphatic carbocycles. The molecule has 0 saturated carbocycles. The summed E-state index contributed by atoms with van der Waals surface area (Å²) in [4.78, 5) is 24.9. The number of methoxy groups -OCH3 is 2. The van der Waals surface area contributed by atoms with Crippen molar-refractivity contribution < 1.29 is 23.8 Å². The number of nitrogens with one attached hydrogen (secondary N) is 1. The van der Waals surface area contributed by atoms with Crippen molar-refractivity contribution in [3.63, 3.8) is 0 Å². The largest absolute Gasteiger partial charge is 0.490 e. The number of benzene rings is 1. The molecule has 0 heterocycles. The molecule has 0 bridgehead atoms. The molecule has 1 aromatic rings. The Bertz CT molecular complexity index is 631. The number of hydrogen-bond donors (Lipinski definition) is 1. The highest BCUT2D eigenvalue weighted by Gasteiger charge is 2.32. The van der Waals surface area contributed by atoms with Crippen molar-refractivity contribution in [2.45, 2.75) is 71.5 Å². The van der Waals surface area contributed by atoms with E-state index in [0.717, 1.165) is 25.7 Å². The van der Waals surface area contributed by atoms with Crippen LogP contribution in [-0.4, -0.2) is 37.8 Å². The van der Waals surface area contributed by atoms with Crippen molar-refractivity contribution >= 4 is 17.6 Å². The maximum Gasteiger partial charge on any atom is 0.341 e. The SMILES string of the molecule is CCCCC[C@@](C)(OC)C(=O)Nc1ccc(O[C@H](C)CC)c(C(=O)OC)c1. The molecule has 0 aliphatic heterocycles. The van der Waals surface area contributed by atoms with E-state index in [4.69, 9.17) is 14.2 Å². The van der Waals surface area contributed by atoms with E-state index in [0.29, 0.717) is 17.9 Å². The maximum atomic E-state index is 12.7. The van der Waals surface area contributed by atoms with Gasteiger partial charge in [-0.1, -0.05) is 33.1 Å². The molecule has 0 unspecified atom stereocenters. The molecule has 0 fully saturated rings. The molecule has 2 atom stereocenters. The summed E-state index contributed by atoms with van der Waals surface area (Å²) in [5.74, 6) is -0.319. The summed E-state index contributed by atoms with van der Waals surface area (Å²) in [6, 6.07) is 4.96. The number of carbonyl (C=O) groups is 2. The van der Waals surface area contributed by atoms with Crippen molar-refractivity contribution in [1.29, 1.82) is 0 Å². The second-order valence-corrected chi connectivity index (χ2v) is 6.89. The fourth-order valence-corrected chi connectivity index (χ4v) is 2.56. The summed E-state index contributed by atoms with van der Waals surface area (Å²) in [6.07, 6.45) is 4.42. The molecule has 6 heteroatoms. The minimum absolute atomic E-state index is 0.0378. The highest BCUT2D eigenvalue weighted by atomic mass is 16.5. The Kier molecular flexibility index (Phi) is 9.29. The fourth-order valence-electron chi connectivity index (χ4n) is 2.56. The Hall–Kier alpha value is -2.08. The van der Waals surface area contributed by atoms with Gasteiger partial charge in [0.1, 0.15) is 16.9 Å². The van der Waals surface area contributed by atoms with Crippen LogP contribution in [-0.2, 0) is 14.3 Å². The van der Waals surface area contributed by atoms with Gasteiger partial charge in [0, 0.05) is 12.8 Å². The van der Waals surface area contributed by atoms with Crippen LogP contribution in [0, 0.1) is 0 Å². The quantitative estimate of drug-likeness (QED) is 0.450. The van der Waals surface area contributed by atoms with Crippen LogP contribution in [0.2, 0.25) is 0 Å². The molecule has 152 valence electrons. The zero-order valence-corrected chi connectivity index (χ0v) is 17.4. The third-order valence-electron chi connectivity index (χ3n) is 4.73. The Balaban J connectivity index is 3.02. The van der Waals surface area contributed by atoms with Crippen LogP contribution in [0.15, 0.2) is 18.2 Å². The van der Waals surface area contributed by atoms with E-state index in [1.807, 2.05) is 13.8 Å². The molecule has 0 aliphatic rings. The molecule has 0 radical (unpaired) electrons. The van der Waals surface area contributed by atoms with Gasteiger partial charge >= 0.3 is 5.97 Å². The highest BCUT2D eigenvalue weighted by molar-refractivity contribution is 5.99. The number of ether oxygens (including phenoxy) is 3. The second-order valence-electron chi connectivity index (χ2n) is 6.89. The van der Waals surface area contributed by atoms with Crippen LogP contribution >= 0.6 is 0 Å². The van der Waals surface area contributed by atoms with Crippen LogP contribution in [0.25, 0.3) is 0 Å². The van der Waals surface area contributed by atoms with Gasteiger partial charge < -0.3 is 19.5 Å². The first-order valence-electron chi connectivity index (χ1n) is 9.56. The van der Waals surface area contributed by atoms with Gasteiger partial charge in [-0.05, 0) is 44.9 Å². The Morgan fingerprint density at radius 2 is 1.89 bits per heavy atom. The minimum atomic E-state index is -0.924. The minimum Gasteiger partial charge on any atom is -0.490 e. The average Bonchev–Trinajstić information content (AvgIpc) is 2.68. The van der Waals surface area contributed by atoms with E-state index in [1.54, 1.807) is 25.1 Å². The van der Waals surface area contributed by atoms with E-state index in [-0.39, 0.29) is 17.6 Å². The molecule has 0 aromatic heterocycles. The predicted octanol–water partition coefficient (Wildman–Crippen LogP) is 4.57. The lowest BCUT2D eigenvalue weighted by Gasteiger charge is -2.27. The topological polar surface area (TPSA) is 73.9 Å². The van der Waals surface area contributed by atoms with Crippen molar-refractivity contribution in [3.8, 4) is 5.75 Å². The van der Waals surface area contributed by atoms with Crippen molar-refractivity contribution in [3.05, 3.63) is 23.8 Å². The fraction of sp³-hybridized carbons (Fsp3) is 0.619. The molecule has 1 amide bonds. The van der Waals surface area contributed by atoms with E-state index < -0.39 is 11.6 Å². The third kappa shape index (κ3) is 6.54. The summed E-state index contributed by atoms with van der Waals surface area (Å²) < 4.78 is 16.1. The first kappa shape index (κ1) is 23.0. The monoisotopic (exact) mass is 379 g/mol. The standard InChI is InChI=1S/C21H33NO5/c1-7-9-10-13-21(4,26-6)20(24)22-16-11-12-18(27-15(3)8-2)17(14-16)19(23)25-5/h11-12,14-15H,7-10,13H2,1-6H3,(H,22,24)/t15-,21-/m1/s1. The zero-order chi connectivity index (χ0) is 20.4. The molecule has 0 spiro atoms. The first-order chi connectivity index (χ1) is 12.8. The number of esters is 1. The Morgan fingerprint density at radius 3 is 2.44 bits per heavy atom. The number of rotatable bonds is 11. The van der Waals surface area contributed by atoms with Crippen LogP contribution in [0.4, 0.5) is 5.69 Å². The van der Waals surface area contributed by atoms with Crippen molar-refractivity contribution in [2.75, 3.05) is 19.5 Å². The summed E-state index contributed by atoms with van der Waals surface area (Å²) in [7, 11) is 2.85. The van der Waals surface area contributed by atoms with E-state index >= 15 is 0 Å². The van der Waals surface area contributed by atoms with Gasteiger partial charge in [-0.15, -0.1) is 0 Å². The summed E-state index contributed by atoms with van der Waals surface area (Å²) in [6.45, 7) is 7.82. The second kappa shape index (κ2) is 10.9. The van der Waals surface area contributed by atoms with E-state index in [2.05, 4.69) is 12.2 Å². The smallest absolute Gasteiger partial charge is 0.341 e. The number of hydrogen-bond acceptors (Lipinski definition) is 5. The van der Waals surface area contributed by atoms with E-state index in [9.17, 15) is 9.59 Å². The van der Waals surface area contributed by atoms with Gasteiger partial charge in [0.05, 0.1) is 13.2 Å². The summed E-state index contributed by atoms with van der Waals surface area (Å²) >= 11 is 0. The molecule has 1 N–H and O–H groups in total. The number of amides is 1. The highest BCUT2D eigenvalue weighted by Crippen LogP contribution is 2.27. The zero-order valence-electron chi connectivity index (χ0n) is 17.4. The van der Waals surface area contributed by atoms with Gasteiger partial charge in [0.2, 0.25) is 0 Å². The van der Waals surface area contributed by atoms with Gasteiger partial charge in [-0.2, -0.15) is 0 Å². The predicted molar refractivity (Wildman–Crippen MR) is 106 cm³/mol. The molecule has 27 heavy (non-hydrogen) atoms. The lowest BCUT2D eigenvalue weighted by molar-refractivity contribution is -0.136. The molecule has 0 saturated heterocycles. The van der Waals surface area contributed by atoms with Crippen LogP contribution in [0.5, 0.6) is 5.75 Å². The summed E-state index contributed by atoms with van der Waals surface area (Å²) in [5.41, 5.74) is -0.150. The Labute approximate surface area is 162 Å². The van der Waals surface area contributed by atoms with Gasteiger partial charge in [0.15, 0.2) is 0 Å². The van der Waals surface area contributed by atoms with Gasteiger partial charge in [-0.25, -0.2) is 4.79 Å². The molecular weight excluding hydrogens is 346 g/mol. The third-order valence-corrected chi connectivity index (χ3v) is 4.73. The lowest BCUT2D eigenvalue weighted by atomic mass is 9.96. The molecular formula is C21H33NO5. The van der Waals surface area contributed by atoms with Crippen LogP contribution in [0.3, 0.4) is 0 Å². The molecule has 1 rings (SSSR count). The summed E-state index contributed by atoms with van der Waals surface area (Å²) in [5, 5.41) is 2.85. The van der Waals surface area contributed by atoms with Crippen LogP contribution < -0.4 is 10.1 Å². The van der Waals surface area contributed by atoms with Gasteiger partial charge in [0.25, 0.3) is 5.91 Å². The molecule has 6 nitrogen and oxygen atoms in total. The Morgan fingerprint density at radius 1 is 1.19 bits per heavy atom. The molecule has 1 aromatic carbocycles. The number of unbranched alkanes of at least 4 members (excludes halogenated alkanes) is 2. The maximum absolute atomic E-state index is 12.7. The van der Waals surface area contributed by atoms with Crippen molar-refractivity contribution in [2.24, 2.45) is 0 Å². The van der Waals surface area contributed by atoms with Crippen molar-refractivity contribution in [1.82, 2.24) is 0 Å². The van der Waals surface area contributed by atoms with Gasteiger partial charge in [-0.3, -0.25) is 4.79 Å². The first-order valence-corrected chi connectivity index (χ1v) is 9.56.